The second-order valence-electron chi connectivity index (χ2n) is 7.08. The first-order chi connectivity index (χ1) is 8.62. The van der Waals surface area contributed by atoms with Gasteiger partial charge in [-0.05, 0) is 14.1 Å². The Hall–Kier alpha value is -0.160. The van der Waals surface area contributed by atoms with Crippen LogP contribution in [0.3, 0.4) is 0 Å². The van der Waals surface area contributed by atoms with Crippen LogP contribution in [0.15, 0.2) is 0 Å². The van der Waals surface area contributed by atoms with Gasteiger partial charge in [-0.15, -0.1) is 0 Å². The second kappa shape index (κ2) is 4.75. The highest BCUT2D eigenvalue weighted by molar-refractivity contribution is 4.67. The van der Waals surface area contributed by atoms with Gasteiger partial charge in [-0.3, -0.25) is 9.80 Å². The van der Waals surface area contributed by atoms with Gasteiger partial charge < -0.3 is 8.97 Å². The van der Waals surface area contributed by atoms with Gasteiger partial charge in [-0.2, -0.15) is 0 Å². The Kier molecular flexibility index (Phi) is 3.39. The van der Waals surface area contributed by atoms with Gasteiger partial charge in [0.05, 0.1) is 26.2 Å². The van der Waals surface area contributed by atoms with Gasteiger partial charge in [-0.1, -0.05) is 0 Å². The molecule has 3 rings (SSSR count). The van der Waals surface area contributed by atoms with Crippen molar-refractivity contribution in [1.29, 1.82) is 0 Å². The Morgan fingerprint density at radius 2 is 0.778 bits per heavy atom. The van der Waals surface area contributed by atoms with Crippen molar-refractivity contribution in [2.24, 2.45) is 0 Å². The molecule has 4 nitrogen and oxygen atoms in total. The highest BCUT2D eigenvalue weighted by Crippen LogP contribution is 2.23. The number of hydrogen-bond donors (Lipinski definition) is 0. The number of likely N-dealkylation sites (N-methyl/N-ethyl adjacent to an activating group) is 2. The fraction of sp³-hybridized carbons (Fsp3) is 1.00. The molecule has 3 aliphatic rings. The number of hydrogen-bond acceptors (Lipinski definition) is 2. The Morgan fingerprint density at radius 3 is 1.06 bits per heavy atom. The van der Waals surface area contributed by atoms with Crippen molar-refractivity contribution in [2.45, 2.75) is 0 Å². The van der Waals surface area contributed by atoms with E-state index in [4.69, 9.17) is 0 Å². The molecular weight excluding hydrogens is 224 g/mol. The maximum Gasteiger partial charge on any atom is 0.129 e. The van der Waals surface area contributed by atoms with E-state index in [0.29, 0.717) is 0 Å². The minimum Gasteiger partial charge on any atom is -0.312 e. The normalized spacial score (nSPS) is 33.0. The van der Waals surface area contributed by atoms with Crippen LogP contribution in [0.5, 0.6) is 0 Å². The SMILES string of the molecule is CN1CC[N+]2(CC1)CC[N+]1(CCN(C)CC1)CC2. The summed E-state index contributed by atoms with van der Waals surface area (Å²) in [6.45, 7) is 16.6. The predicted octanol–water partition coefficient (Wildman–Crippen LogP) is -0.476. The Bertz CT molecular complexity index is 246. The summed E-state index contributed by atoms with van der Waals surface area (Å²) < 4.78 is 2.86. The minimum atomic E-state index is 1.31. The average molecular weight is 254 g/mol. The lowest BCUT2D eigenvalue weighted by atomic mass is 10.1. The van der Waals surface area contributed by atoms with Crippen LogP contribution in [0.1, 0.15) is 0 Å². The maximum absolute atomic E-state index is 2.50. The highest BCUT2D eigenvalue weighted by Gasteiger charge is 2.44. The summed E-state index contributed by atoms with van der Waals surface area (Å²) >= 11 is 0. The third-order valence-electron chi connectivity index (χ3n) is 5.92. The molecule has 3 aliphatic heterocycles. The zero-order chi connectivity index (χ0) is 12.6. The monoisotopic (exact) mass is 254 g/mol. The van der Waals surface area contributed by atoms with E-state index in [1.54, 1.807) is 0 Å². The van der Waals surface area contributed by atoms with Gasteiger partial charge in [0.2, 0.25) is 0 Å². The summed E-state index contributed by atoms with van der Waals surface area (Å²) in [5, 5.41) is 0. The lowest BCUT2D eigenvalue weighted by Crippen LogP contribution is -2.72. The van der Waals surface area contributed by atoms with Crippen LogP contribution in [-0.4, -0.2) is 111 Å². The van der Waals surface area contributed by atoms with Crippen molar-refractivity contribution < 1.29 is 8.97 Å². The zero-order valence-electron chi connectivity index (χ0n) is 12.3. The largest absolute Gasteiger partial charge is 0.312 e. The third-order valence-corrected chi connectivity index (χ3v) is 5.92. The number of quaternary nitrogens is 2. The molecule has 0 atom stereocenters. The second-order valence-corrected chi connectivity index (χ2v) is 7.08. The number of rotatable bonds is 0. The van der Waals surface area contributed by atoms with Gasteiger partial charge in [0.15, 0.2) is 0 Å². The summed E-state index contributed by atoms with van der Waals surface area (Å²) in [4.78, 5) is 5.00. The van der Waals surface area contributed by atoms with Gasteiger partial charge in [-0.25, -0.2) is 0 Å². The van der Waals surface area contributed by atoms with Gasteiger partial charge in [0.1, 0.15) is 26.2 Å². The minimum absolute atomic E-state index is 1.31. The fourth-order valence-electron chi connectivity index (χ4n) is 3.95. The van der Waals surface area contributed by atoms with E-state index in [1.165, 1.54) is 87.5 Å². The van der Waals surface area contributed by atoms with Crippen LogP contribution < -0.4 is 0 Å². The van der Waals surface area contributed by atoms with E-state index in [-0.39, 0.29) is 0 Å². The smallest absolute Gasteiger partial charge is 0.129 e. The topological polar surface area (TPSA) is 6.48 Å². The molecule has 104 valence electrons. The van der Waals surface area contributed by atoms with Crippen molar-refractivity contribution in [2.75, 3.05) is 92.6 Å². The molecule has 0 aromatic carbocycles. The molecule has 3 fully saturated rings. The Morgan fingerprint density at radius 1 is 0.500 bits per heavy atom. The zero-order valence-corrected chi connectivity index (χ0v) is 12.3. The molecule has 2 spiro atoms. The molecule has 18 heavy (non-hydrogen) atoms. The molecule has 0 aromatic rings. The standard InChI is InChI=1S/C14H30N4/c1-15-3-7-17(8-4-15)11-13-18(14-12-17)9-5-16(2)6-10-18/h3-14H2,1-2H3/q+2. The van der Waals surface area contributed by atoms with Crippen molar-refractivity contribution >= 4 is 0 Å². The summed E-state index contributed by atoms with van der Waals surface area (Å²) in [5.74, 6) is 0. The van der Waals surface area contributed by atoms with Crippen molar-refractivity contribution in [3.05, 3.63) is 0 Å². The summed E-state index contributed by atoms with van der Waals surface area (Å²) in [6, 6.07) is 0. The van der Waals surface area contributed by atoms with Crippen LogP contribution >= 0.6 is 0 Å². The van der Waals surface area contributed by atoms with E-state index in [9.17, 15) is 0 Å². The summed E-state index contributed by atoms with van der Waals surface area (Å²) in [5.41, 5.74) is 0. The van der Waals surface area contributed by atoms with Gasteiger partial charge in [0, 0.05) is 26.2 Å². The van der Waals surface area contributed by atoms with E-state index >= 15 is 0 Å². The predicted molar refractivity (Wildman–Crippen MR) is 74.5 cm³/mol. The highest BCUT2D eigenvalue weighted by atomic mass is 15.5. The van der Waals surface area contributed by atoms with Crippen molar-refractivity contribution in [3.63, 3.8) is 0 Å². The van der Waals surface area contributed by atoms with Crippen molar-refractivity contribution in [3.8, 4) is 0 Å². The van der Waals surface area contributed by atoms with Crippen LogP contribution in [0, 0.1) is 0 Å². The fourth-order valence-corrected chi connectivity index (χ4v) is 3.95. The summed E-state index contributed by atoms with van der Waals surface area (Å²) in [7, 11) is 4.54. The molecule has 0 radical (unpaired) electrons. The molecular formula is C14H30N4+2. The third kappa shape index (κ3) is 2.44. The molecule has 0 aromatic heterocycles. The van der Waals surface area contributed by atoms with Crippen LogP contribution in [0.25, 0.3) is 0 Å². The molecule has 0 unspecified atom stereocenters. The first-order valence-electron chi connectivity index (χ1n) is 7.69. The number of nitrogens with zero attached hydrogens (tertiary/aromatic N) is 4. The first-order valence-corrected chi connectivity index (χ1v) is 7.69. The lowest BCUT2D eigenvalue weighted by molar-refractivity contribution is -1.03. The molecule has 4 heteroatoms. The van der Waals surface area contributed by atoms with E-state index in [1.807, 2.05) is 0 Å². The maximum atomic E-state index is 2.50. The molecule has 0 amide bonds. The summed E-state index contributed by atoms with van der Waals surface area (Å²) in [6.07, 6.45) is 0. The van der Waals surface area contributed by atoms with E-state index in [0.717, 1.165) is 0 Å². The molecule has 3 saturated heterocycles. The molecule has 0 saturated carbocycles. The molecule has 0 bridgehead atoms. The van der Waals surface area contributed by atoms with E-state index < -0.39 is 0 Å². The first kappa shape index (κ1) is 12.9. The van der Waals surface area contributed by atoms with Crippen LogP contribution in [0.4, 0.5) is 0 Å². The molecule has 0 N–H and O–H groups in total. The Balaban J connectivity index is 1.57. The molecule has 3 heterocycles. The average Bonchev–Trinajstić information content (AvgIpc) is 2.41. The van der Waals surface area contributed by atoms with Crippen LogP contribution in [-0.2, 0) is 0 Å². The van der Waals surface area contributed by atoms with Crippen LogP contribution in [0.2, 0.25) is 0 Å². The van der Waals surface area contributed by atoms with E-state index in [2.05, 4.69) is 23.9 Å². The van der Waals surface area contributed by atoms with Crippen molar-refractivity contribution in [1.82, 2.24) is 9.80 Å². The quantitative estimate of drug-likeness (QED) is 0.539. The molecule has 0 aliphatic carbocycles. The Labute approximate surface area is 112 Å². The van der Waals surface area contributed by atoms with Gasteiger partial charge >= 0.3 is 0 Å². The number of piperazine rings is 3. The lowest BCUT2D eigenvalue weighted by Gasteiger charge is -2.53. The van der Waals surface area contributed by atoms with Gasteiger partial charge in [0.25, 0.3) is 0 Å².